The van der Waals surface area contributed by atoms with E-state index in [1.165, 1.54) is 16.9 Å². The third kappa shape index (κ3) is 4.23. The highest BCUT2D eigenvalue weighted by molar-refractivity contribution is 6.01. The fourth-order valence-corrected chi connectivity index (χ4v) is 3.30. The van der Waals surface area contributed by atoms with Gasteiger partial charge in [-0.15, -0.1) is 0 Å². The van der Waals surface area contributed by atoms with Gasteiger partial charge in [-0.05, 0) is 56.5 Å². The van der Waals surface area contributed by atoms with E-state index < -0.39 is 0 Å². The molecule has 1 aromatic heterocycles. The summed E-state index contributed by atoms with van der Waals surface area (Å²) in [5, 5.41) is 5.97. The molecule has 24 heavy (non-hydrogen) atoms. The van der Waals surface area contributed by atoms with Gasteiger partial charge < -0.3 is 15.5 Å². The number of amides is 3. The molecule has 2 fully saturated rings. The first-order valence-electron chi connectivity index (χ1n) is 8.59. The number of carbonyl (C=O) groups is 2. The van der Waals surface area contributed by atoms with Crippen molar-refractivity contribution in [3.8, 4) is 0 Å². The Bertz CT molecular complexity index is 590. The molecule has 0 aliphatic carbocycles. The minimum atomic E-state index is -0.255. The molecule has 3 rings (SSSR count). The smallest absolute Gasteiger partial charge is 0.324 e. The maximum Gasteiger partial charge on any atom is 0.324 e. The molecule has 0 aromatic carbocycles. The first-order chi connectivity index (χ1) is 11.6. The number of urea groups is 1. The first kappa shape index (κ1) is 16.7. The fourth-order valence-electron chi connectivity index (χ4n) is 3.30. The van der Waals surface area contributed by atoms with Crippen LogP contribution in [0.4, 0.5) is 10.6 Å². The minimum absolute atomic E-state index is 0.117. The Morgan fingerprint density at radius 3 is 3.00 bits per heavy atom. The van der Waals surface area contributed by atoms with Gasteiger partial charge in [0.2, 0.25) is 5.91 Å². The van der Waals surface area contributed by atoms with Crippen LogP contribution in [0.1, 0.15) is 18.4 Å². The fraction of sp³-hybridized carbons (Fsp3) is 0.588. The zero-order valence-electron chi connectivity index (χ0n) is 14.1. The summed E-state index contributed by atoms with van der Waals surface area (Å²) in [4.78, 5) is 31.1. The second-order valence-electron chi connectivity index (χ2n) is 6.61. The number of likely N-dealkylation sites (tertiary alicyclic amines) is 1. The van der Waals surface area contributed by atoms with E-state index in [4.69, 9.17) is 0 Å². The summed E-state index contributed by atoms with van der Waals surface area (Å²) in [6.07, 6.45) is 3.83. The number of aryl methyl sites for hydroxylation is 1. The third-order valence-corrected chi connectivity index (χ3v) is 4.65. The Labute approximate surface area is 142 Å². The average Bonchev–Trinajstić information content (AvgIpc) is 3.14. The summed E-state index contributed by atoms with van der Waals surface area (Å²) < 4.78 is 0. The number of aromatic nitrogens is 1. The van der Waals surface area contributed by atoms with Gasteiger partial charge in [0.15, 0.2) is 0 Å². The summed E-state index contributed by atoms with van der Waals surface area (Å²) in [5.74, 6) is 1.44. The van der Waals surface area contributed by atoms with E-state index in [0.717, 1.165) is 38.4 Å². The van der Waals surface area contributed by atoms with Gasteiger partial charge in [-0.25, -0.2) is 9.78 Å². The van der Waals surface area contributed by atoms with Crippen LogP contribution in [-0.2, 0) is 4.79 Å². The Hall–Kier alpha value is -2.15. The van der Waals surface area contributed by atoms with E-state index in [9.17, 15) is 9.59 Å². The standard InChI is InChI=1S/C17H25N5O2/c1-13-3-5-18-15(9-13)19-10-14-4-8-21(12-14)6-2-7-22-16(23)11-20-17(22)24/h3,5,9,14H,2,4,6-8,10-12H2,1H3,(H,18,19)(H,20,24). The second-order valence-corrected chi connectivity index (χ2v) is 6.61. The molecule has 7 heteroatoms. The summed E-state index contributed by atoms with van der Waals surface area (Å²) in [5.41, 5.74) is 1.21. The lowest BCUT2D eigenvalue weighted by Gasteiger charge is -2.18. The molecule has 7 nitrogen and oxygen atoms in total. The van der Waals surface area contributed by atoms with Crippen molar-refractivity contribution in [3.63, 3.8) is 0 Å². The highest BCUT2D eigenvalue weighted by Gasteiger charge is 2.28. The highest BCUT2D eigenvalue weighted by Crippen LogP contribution is 2.17. The van der Waals surface area contributed by atoms with Crippen LogP contribution in [0, 0.1) is 12.8 Å². The minimum Gasteiger partial charge on any atom is -0.370 e. The van der Waals surface area contributed by atoms with Crippen LogP contribution in [0.25, 0.3) is 0 Å². The van der Waals surface area contributed by atoms with E-state index in [1.54, 1.807) is 0 Å². The summed E-state index contributed by atoms with van der Waals surface area (Å²) >= 11 is 0. The Balaban J connectivity index is 1.35. The molecule has 3 heterocycles. The van der Waals surface area contributed by atoms with Gasteiger partial charge in [0.25, 0.3) is 0 Å². The summed E-state index contributed by atoms with van der Waals surface area (Å²) in [7, 11) is 0. The van der Waals surface area contributed by atoms with Gasteiger partial charge in [-0.3, -0.25) is 9.69 Å². The predicted molar refractivity (Wildman–Crippen MR) is 91.7 cm³/mol. The van der Waals surface area contributed by atoms with Gasteiger partial charge in [0.05, 0.1) is 6.54 Å². The molecule has 1 atom stereocenters. The highest BCUT2D eigenvalue weighted by atomic mass is 16.2. The first-order valence-corrected chi connectivity index (χ1v) is 8.59. The molecule has 1 unspecified atom stereocenters. The summed E-state index contributed by atoms with van der Waals surface area (Å²) in [6.45, 7) is 6.71. The van der Waals surface area contributed by atoms with Crippen LogP contribution < -0.4 is 10.6 Å². The van der Waals surface area contributed by atoms with Crippen molar-refractivity contribution in [1.29, 1.82) is 0 Å². The average molecular weight is 331 g/mol. The number of anilines is 1. The largest absolute Gasteiger partial charge is 0.370 e. The molecule has 3 amide bonds. The molecule has 130 valence electrons. The van der Waals surface area contributed by atoms with E-state index in [0.29, 0.717) is 12.5 Å². The second kappa shape index (κ2) is 7.61. The van der Waals surface area contributed by atoms with Crippen molar-refractivity contribution < 1.29 is 9.59 Å². The number of hydrogen-bond acceptors (Lipinski definition) is 5. The lowest BCUT2D eigenvalue weighted by atomic mass is 10.1. The number of nitrogens with zero attached hydrogens (tertiary/aromatic N) is 3. The maximum absolute atomic E-state index is 11.5. The van der Waals surface area contributed by atoms with E-state index in [-0.39, 0.29) is 18.5 Å². The zero-order valence-corrected chi connectivity index (χ0v) is 14.1. The number of hydrogen-bond donors (Lipinski definition) is 2. The van der Waals surface area contributed by atoms with Crippen molar-refractivity contribution in [2.45, 2.75) is 19.8 Å². The maximum atomic E-state index is 11.5. The molecule has 2 saturated heterocycles. The van der Waals surface area contributed by atoms with Crippen LogP contribution in [0.5, 0.6) is 0 Å². The van der Waals surface area contributed by atoms with E-state index in [1.807, 2.05) is 12.3 Å². The molecular weight excluding hydrogens is 306 g/mol. The summed E-state index contributed by atoms with van der Waals surface area (Å²) in [6, 6.07) is 3.80. The Kier molecular flexibility index (Phi) is 5.30. The number of imide groups is 1. The number of rotatable bonds is 7. The molecule has 1 aromatic rings. The Morgan fingerprint density at radius 1 is 1.38 bits per heavy atom. The lowest BCUT2D eigenvalue weighted by molar-refractivity contribution is -0.125. The molecule has 2 N–H and O–H groups in total. The van der Waals surface area contributed by atoms with Crippen molar-refractivity contribution >= 4 is 17.8 Å². The zero-order chi connectivity index (χ0) is 16.9. The van der Waals surface area contributed by atoms with Crippen LogP contribution in [-0.4, -0.2) is 66.0 Å². The van der Waals surface area contributed by atoms with E-state index in [2.05, 4.69) is 33.5 Å². The van der Waals surface area contributed by atoms with Crippen LogP contribution >= 0.6 is 0 Å². The Morgan fingerprint density at radius 2 is 2.25 bits per heavy atom. The molecular formula is C17H25N5O2. The van der Waals surface area contributed by atoms with Crippen LogP contribution in [0.3, 0.4) is 0 Å². The molecule has 0 radical (unpaired) electrons. The molecule has 0 spiro atoms. The quantitative estimate of drug-likeness (QED) is 0.731. The van der Waals surface area contributed by atoms with Gasteiger partial charge in [-0.2, -0.15) is 0 Å². The SMILES string of the molecule is Cc1ccnc(NCC2CCN(CCCN3C(=O)CNC3=O)C2)c1. The van der Waals surface area contributed by atoms with Crippen LogP contribution in [0.2, 0.25) is 0 Å². The van der Waals surface area contributed by atoms with Crippen molar-refractivity contribution in [2.24, 2.45) is 5.92 Å². The van der Waals surface area contributed by atoms with Crippen molar-refractivity contribution in [3.05, 3.63) is 23.9 Å². The molecule has 0 bridgehead atoms. The third-order valence-electron chi connectivity index (χ3n) is 4.65. The number of carbonyl (C=O) groups excluding carboxylic acids is 2. The van der Waals surface area contributed by atoms with Crippen LogP contribution in [0.15, 0.2) is 18.3 Å². The monoisotopic (exact) mass is 331 g/mol. The van der Waals surface area contributed by atoms with E-state index >= 15 is 0 Å². The number of pyridine rings is 1. The molecule has 2 aliphatic heterocycles. The van der Waals surface area contributed by atoms with Crippen molar-refractivity contribution in [1.82, 2.24) is 20.1 Å². The molecule has 2 aliphatic rings. The topological polar surface area (TPSA) is 77.6 Å². The van der Waals surface area contributed by atoms with Gasteiger partial charge in [0.1, 0.15) is 5.82 Å². The number of nitrogens with one attached hydrogen (secondary N) is 2. The van der Waals surface area contributed by atoms with Crippen molar-refractivity contribution in [2.75, 3.05) is 44.6 Å². The van der Waals surface area contributed by atoms with Gasteiger partial charge >= 0.3 is 6.03 Å². The lowest BCUT2D eigenvalue weighted by Crippen LogP contribution is -2.34. The van der Waals surface area contributed by atoms with Gasteiger partial charge in [0, 0.05) is 25.8 Å². The van der Waals surface area contributed by atoms with Gasteiger partial charge in [-0.1, -0.05) is 0 Å². The molecule has 0 saturated carbocycles. The predicted octanol–water partition coefficient (Wildman–Crippen LogP) is 1.07. The normalized spacial score (nSPS) is 21.4.